The summed E-state index contributed by atoms with van der Waals surface area (Å²) < 4.78 is 0. The molecule has 3 heterocycles. The first kappa shape index (κ1) is 23.2. The smallest absolute Gasteiger partial charge is 0.139 e. The zero-order valence-corrected chi connectivity index (χ0v) is 22.7. The Morgan fingerprint density at radius 2 is 1.45 bits per heavy atom. The number of thiophene rings is 1. The molecule has 0 radical (unpaired) electrons. The van der Waals surface area contributed by atoms with Crippen LogP contribution in [0.5, 0.6) is 0 Å². The zero-order valence-electron chi connectivity index (χ0n) is 21.9. The molecule has 2 aliphatic heterocycles. The first-order valence-corrected chi connectivity index (χ1v) is 14.6. The molecule has 4 aromatic carbocycles. The molecule has 0 amide bonds. The molecule has 1 aliphatic carbocycles. The molecule has 1 aromatic heterocycles. The van der Waals surface area contributed by atoms with Gasteiger partial charge in [-0.3, -0.25) is 9.89 Å². The molecule has 0 bridgehead atoms. The van der Waals surface area contributed by atoms with Gasteiger partial charge in [-0.2, -0.15) is 0 Å². The molecule has 8 rings (SSSR count). The average molecular weight is 534 g/mol. The van der Waals surface area contributed by atoms with E-state index in [-0.39, 0.29) is 6.04 Å². The maximum absolute atomic E-state index is 5.16. The summed E-state index contributed by atoms with van der Waals surface area (Å²) in [5.41, 5.74) is 11.0. The van der Waals surface area contributed by atoms with Gasteiger partial charge < -0.3 is 5.32 Å². The fraction of sp³-hybridized carbons (Fsp3) is 0.0833. The van der Waals surface area contributed by atoms with Crippen LogP contribution in [0, 0.1) is 0 Å². The number of allylic oxidation sites excluding steroid dienone is 1. The minimum Gasteiger partial charge on any atom is -0.357 e. The highest BCUT2D eigenvalue weighted by atomic mass is 32.1. The summed E-state index contributed by atoms with van der Waals surface area (Å²) >= 11 is 1.89. The van der Waals surface area contributed by atoms with Crippen molar-refractivity contribution in [3.05, 3.63) is 143 Å². The van der Waals surface area contributed by atoms with Crippen LogP contribution in [0.2, 0.25) is 0 Å². The molecular weight excluding hydrogens is 506 g/mol. The highest BCUT2D eigenvalue weighted by Crippen LogP contribution is 2.56. The maximum atomic E-state index is 5.16. The van der Waals surface area contributed by atoms with E-state index in [0.29, 0.717) is 0 Å². The highest BCUT2D eigenvalue weighted by molar-refractivity contribution is 7.18. The monoisotopic (exact) mass is 533 g/mol. The van der Waals surface area contributed by atoms with Crippen LogP contribution in [0.15, 0.2) is 126 Å². The second-order valence-corrected chi connectivity index (χ2v) is 11.4. The van der Waals surface area contributed by atoms with Crippen LogP contribution < -0.4 is 10.2 Å². The van der Waals surface area contributed by atoms with Gasteiger partial charge in [-0.05, 0) is 47.2 Å². The van der Waals surface area contributed by atoms with E-state index in [1.165, 1.54) is 43.3 Å². The van der Waals surface area contributed by atoms with Gasteiger partial charge in [-0.1, -0.05) is 109 Å². The van der Waals surface area contributed by atoms with Gasteiger partial charge in [0, 0.05) is 27.8 Å². The predicted octanol–water partition coefficient (Wildman–Crippen LogP) is 9.23. The van der Waals surface area contributed by atoms with Gasteiger partial charge in [0.1, 0.15) is 16.5 Å². The van der Waals surface area contributed by atoms with Crippen LogP contribution in [0.25, 0.3) is 34.0 Å². The number of nitrogens with one attached hydrogen (secondary N) is 1. The summed E-state index contributed by atoms with van der Waals surface area (Å²) in [6, 6.07) is 38.8. The van der Waals surface area contributed by atoms with Gasteiger partial charge in [-0.25, -0.2) is 0 Å². The normalized spacial score (nSPS) is 16.9. The highest BCUT2D eigenvalue weighted by Gasteiger charge is 2.35. The first-order valence-electron chi connectivity index (χ1n) is 13.8. The minimum atomic E-state index is -0.0422. The summed E-state index contributed by atoms with van der Waals surface area (Å²) in [7, 11) is 0. The Balaban J connectivity index is 1.44. The Kier molecular flexibility index (Phi) is 5.52. The Labute approximate surface area is 238 Å². The Bertz CT molecular complexity index is 1830. The fourth-order valence-electron chi connectivity index (χ4n) is 6.14. The van der Waals surface area contributed by atoms with Crippen LogP contribution in [0.1, 0.15) is 34.0 Å². The lowest BCUT2D eigenvalue weighted by Crippen LogP contribution is -2.35. The Hall–Kier alpha value is -4.67. The SMILES string of the molecule is C1=Cc2sc3c(c2CC1)-c1ccccc1-c1ccccc1N3C1=C(c2ccccc2)N=C[C@@H](c2ccccc2)N1. The number of rotatable bonds is 3. The van der Waals surface area contributed by atoms with Crippen molar-refractivity contribution in [2.45, 2.75) is 18.9 Å². The zero-order chi connectivity index (χ0) is 26.5. The lowest BCUT2D eigenvalue weighted by molar-refractivity contribution is 0.732. The van der Waals surface area contributed by atoms with E-state index in [1.807, 2.05) is 17.6 Å². The molecule has 192 valence electrons. The van der Waals surface area contributed by atoms with Crippen LogP contribution in [-0.2, 0) is 6.42 Å². The third-order valence-corrected chi connectivity index (χ3v) is 9.17. The van der Waals surface area contributed by atoms with Crippen LogP contribution >= 0.6 is 11.3 Å². The van der Waals surface area contributed by atoms with E-state index in [2.05, 4.69) is 132 Å². The van der Waals surface area contributed by atoms with Gasteiger partial charge in [0.05, 0.1) is 11.7 Å². The minimum absolute atomic E-state index is 0.0422. The van der Waals surface area contributed by atoms with E-state index < -0.39 is 0 Å². The summed E-state index contributed by atoms with van der Waals surface area (Å²) in [5.74, 6) is 1.01. The topological polar surface area (TPSA) is 27.6 Å². The van der Waals surface area contributed by atoms with E-state index in [4.69, 9.17) is 4.99 Å². The van der Waals surface area contributed by atoms with Crippen LogP contribution in [0.4, 0.5) is 10.7 Å². The van der Waals surface area contributed by atoms with E-state index in [9.17, 15) is 0 Å². The Morgan fingerprint density at radius 1 is 0.750 bits per heavy atom. The summed E-state index contributed by atoms with van der Waals surface area (Å²) in [4.78, 5) is 8.97. The van der Waals surface area contributed by atoms with Gasteiger partial charge in [0.15, 0.2) is 0 Å². The number of aliphatic imine (C=N–C) groups is 1. The maximum Gasteiger partial charge on any atom is 0.139 e. The number of benzene rings is 4. The summed E-state index contributed by atoms with van der Waals surface area (Å²) in [6.07, 6.45) is 8.80. The van der Waals surface area contributed by atoms with Crippen molar-refractivity contribution >= 4 is 40.0 Å². The number of para-hydroxylation sites is 1. The quantitative estimate of drug-likeness (QED) is 0.250. The fourth-order valence-corrected chi connectivity index (χ4v) is 7.46. The predicted molar refractivity (Wildman–Crippen MR) is 169 cm³/mol. The molecule has 4 heteroatoms. The molecule has 0 saturated heterocycles. The van der Waals surface area contributed by atoms with E-state index in [1.54, 1.807) is 0 Å². The van der Waals surface area contributed by atoms with Gasteiger partial charge in [0.2, 0.25) is 0 Å². The van der Waals surface area contributed by atoms with E-state index in [0.717, 1.165) is 35.6 Å². The Morgan fingerprint density at radius 3 is 2.27 bits per heavy atom. The molecule has 0 spiro atoms. The molecule has 40 heavy (non-hydrogen) atoms. The van der Waals surface area contributed by atoms with Gasteiger partial charge in [-0.15, -0.1) is 11.3 Å². The summed E-state index contributed by atoms with van der Waals surface area (Å²) in [5, 5.41) is 5.19. The van der Waals surface area contributed by atoms with Gasteiger partial charge in [0.25, 0.3) is 0 Å². The number of anilines is 2. The third-order valence-electron chi connectivity index (χ3n) is 7.98. The van der Waals surface area contributed by atoms with Crippen molar-refractivity contribution in [2.24, 2.45) is 4.99 Å². The molecular formula is C36H27N3S. The number of nitrogens with zero attached hydrogens (tertiary/aromatic N) is 2. The number of hydrogen-bond donors (Lipinski definition) is 1. The third kappa shape index (κ3) is 3.68. The molecule has 3 aliphatic rings. The molecule has 0 fully saturated rings. The average Bonchev–Trinajstić information content (AvgIpc) is 3.36. The number of hydrogen-bond acceptors (Lipinski definition) is 4. The molecule has 5 aromatic rings. The van der Waals surface area contributed by atoms with Crippen molar-refractivity contribution in [1.82, 2.24) is 5.32 Å². The molecule has 1 atom stereocenters. The molecule has 3 nitrogen and oxygen atoms in total. The van der Waals surface area contributed by atoms with Crippen molar-refractivity contribution in [3.8, 4) is 22.3 Å². The molecule has 1 N–H and O–H groups in total. The second kappa shape index (κ2) is 9.51. The summed E-state index contributed by atoms with van der Waals surface area (Å²) in [6.45, 7) is 0. The molecule has 0 saturated carbocycles. The molecule has 0 unspecified atom stereocenters. The lowest BCUT2D eigenvalue weighted by Gasteiger charge is -2.34. The van der Waals surface area contributed by atoms with Crippen molar-refractivity contribution in [1.29, 1.82) is 0 Å². The largest absolute Gasteiger partial charge is 0.357 e. The van der Waals surface area contributed by atoms with E-state index >= 15 is 0 Å². The van der Waals surface area contributed by atoms with Crippen molar-refractivity contribution < 1.29 is 0 Å². The first-order chi connectivity index (χ1) is 19.9. The second-order valence-electron chi connectivity index (χ2n) is 10.3. The number of fused-ring (bicyclic) bond motifs is 7. The van der Waals surface area contributed by atoms with Crippen LogP contribution in [0.3, 0.4) is 0 Å². The van der Waals surface area contributed by atoms with Crippen LogP contribution in [-0.4, -0.2) is 6.21 Å². The van der Waals surface area contributed by atoms with Crippen molar-refractivity contribution in [2.75, 3.05) is 4.90 Å². The lowest BCUT2D eigenvalue weighted by atomic mass is 9.91. The standard InChI is InChI=1S/C36H27N3S/c1-3-13-24(14-4-1)30-23-37-34(25-15-5-2-6-16-25)35(38-30)39-31-21-11-9-18-27(31)26-17-7-8-19-28(26)33-29-20-10-12-22-32(29)40-36(33)39/h1-9,11-19,21-23,30,38H,10,20H2/t30-/m0/s1. The van der Waals surface area contributed by atoms with Crippen molar-refractivity contribution in [3.63, 3.8) is 0 Å². The van der Waals surface area contributed by atoms with Gasteiger partial charge >= 0.3 is 0 Å².